The molecule has 2 nitrogen and oxygen atoms in total. The van der Waals surface area contributed by atoms with Crippen LogP contribution in [0.2, 0.25) is 0 Å². The highest BCUT2D eigenvalue weighted by Gasteiger charge is 2.30. The van der Waals surface area contributed by atoms with Crippen molar-refractivity contribution in [3.8, 4) is 5.75 Å². The second kappa shape index (κ2) is 10.2. The number of hydrogen-bond donors (Lipinski definition) is 0. The van der Waals surface area contributed by atoms with E-state index in [1.807, 2.05) is 24.3 Å². The molecular weight excluding hydrogens is 351 g/mol. The minimum absolute atomic E-state index is 0.448. The Morgan fingerprint density at radius 3 is 2.26 bits per heavy atom. The Bertz CT molecular complexity index is 683. The summed E-state index contributed by atoms with van der Waals surface area (Å²) in [5.41, 5.74) is 1.05. The molecule has 0 fully saturated rings. The van der Waals surface area contributed by atoms with E-state index in [1.165, 1.54) is 31.4 Å². The first-order valence-electron chi connectivity index (χ1n) is 9.49. The van der Waals surface area contributed by atoms with E-state index in [4.69, 9.17) is 4.74 Å². The SMILES string of the molecule is CCCCCCCN(Cc1cccc(C(F)(F)F)c1)c1ccc(OC)cc1. The Kier molecular flexibility index (Phi) is 8.01. The fourth-order valence-electron chi connectivity index (χ4n) is 3.07. The summed E-state index contributed by atoms with van der Waals surface area (Å²) in [7, 11) is 1.61. The number of methoxy groups -OCH3 is 1. The molecule has 0 spiro atoms. The number of unbranched alkanes of at least 4 members (excludes halogenated alkanes) is 4. The molecule has 5 heteroatoms. The highest BCUT2D eigenvalue weighted by molar-refractivity contribution is 5.49. The molecule has 0 radical (unpaired) electrons. The number of anilines is 1. The average molecular weight is 379 g/mol. The van der Waals surface area contributed by atoms with Gasteiger partial charge in [-0.2, -0.15) is 13.2 Å². The lowest BCUT2D eigenvalue weighted by Crippen LogP contribution is -2.24. The first kappa shape index (κ1) is 21.1. The number of alkyl halides is 3. The van der Waals surface area contributed by atoms with E-state index in [-0.39, 0.29) is 0 Å². The molecule has 0 bridgehead atoms. The Hall–Kier alpha value is -2.17. The van der Waals surface area contributed by atoms with Crippen LogP contribution in [-0.4, -0.2) is 13.7 Å². The predicted molar refractivity (Wildman–Crippen MR) is 104 cm³/mol. The third-order valence-electron chi connectivity index (χ3n) is 4.60. The van der Waals surface area contributed by atoms with Gasteiger partial charge in [-0.05, 0) is 48.4 Å². The average Bonchev–Trinajstić information content (AvgIpc) is 2.66. The van der Waals surface area contributed by atoms with Crippen molar-refractivity contribution in [3.05, 3.63) is 59.7 Å². The normalized spacial score (nSPS) is 11.4. The summed E-state index contributed by atoms with van der Waals surface area (Å²) < 4.78 is 44.2. The van der Waals surface area contributed by atoms with Crippen molar-refractivity contribution in [1.29, 1.82) is 0 Å². The zero-order valence-electron chi connectivity index (χ0n) is 16.1. The molecule has 0 amide bonds. The Balaban J connectivity index is 2.13. The van der Waals surface area contributed by atoms with Gasteiger partial charge in [0.15, 0.2) is 0 Å². The molecule has 2 aromatic rings. The van der Waals surface area contributed by atoms with E-state index in [9.17, 15) is 13.2 Å². The van der Waals surface area contributed by atoms with Gasteiger partial charge in [-0.15, -0.1) is 0 Å². The molecule has 2 rings (SSSR count). The van der Waals surface area contributed by atoms with E-state index in [0.717, 1.165) is 36.9 Å². The van der Waals surface area contributed by atoms with Crippen molar-refractivity contribution in [1.82, 2.24) is 0 Å². The van der Waals surface area contributed by atoms with Crippen LogP contribution in [0.3, 0.4) is 0 Å². The van der Waals surface area contributed by atoms with Gasteiger partial charge in [-0.1, -0.05) is 44.7 Å². The molecule has 0 aliphatic carbocycles. The summed E-state index contributed by atoms with van der Waals surface area (Å²) >= 11 is 0. The zero-order valence-corrected chi connectivity index (χ0v) is 16.1. The van der Waals surface area contributed by atoms with E-state index in [2.05, 4.69) is 11.8 Å². The van der Waals surface area contributed by atoms with E-state index < -0.39 is 11.7 Å². The molecule has 148 valence electrons. The van der Waals surface area contributed by atoms with Crippen molar-refractivity contribution >= 4 is 5.69 Å². The number of ether oxygens (including phenoxy) is 1. The van der Waals surface area contributed by atoms with Crippen LogP contribution >= 0.6 is 0 Å². The van der Waals surface area contributed by atoms with Gasteiger partial charge in [0, 0.05) is 18.8 Å². The lowest BCUT2D eigenvalue weighted by molar-refractivity contribution is -0.137. The van der Waals surface area contributed by atoms with Crippen molar-refractivity contribution in [2.45, 2.75) is 51.7 Å². The summed E-state index contributed by atoms with van der Waals surface area (Å²) in [6, 6.07) is 13.3. The quantitative estimate of drug-likeness (QED) is 0.426. The molecule has 0 N–H and O–H groups in total. The van der Waals surface area contributed by atoms with Crippen LogP contribution in [0.15, 0.2) is 48.5 Å². The molecule has 0 unspecified atom stereocenters. The van der Waals surface area contributed by atoms with Crippen molar-refractivity contribution in [2.75, 3.05) is 18.6 Å². The summed E-state index contributed by atoms with van der Waals surface area (Å²) in [5, 5.41) is 0. The molecule has 0 aliphatic heterocycles. The number of nitrogens with zero attached hydrogens (tertiary/aromatic N) is 1. The van der Waals surface area contributed by atoms with Crippen molar-refractivity contribution < 1.29 is 17.9 Å². The van der Waals surface area contributed by atoms with Gasteiger partial charge in [0.25, 0.3) is 0 Å². The number of benzene rings is 2. The predicted octanol–water partition coefficient (Wildman–Crippen LogP) is 6.69. The minimum atomic E-state index is -4.32. The summed E-state index contributed by atoms with van der Waals surface area (Å²) in [6.45, 7) is 3.44. The second-order valence-corrected chi connectivity index (χ2v) is 6.73. The summed E-state index contributed by atoms with van der Waals surface area (Å²) in [4.78, 5) is 2.14. The molecule has 2 aromatic carbocycles. The molecule has 0 aliphatic rings. The maximum absolute atomic E-state index is 13.0. The van der Waals surface area contributed by atoms with Crippen molar-refractivity contribution in [2.24, 2.45) is 0 Å². The molecule has 0 saturated carbocycles. The fraction of sp³-hybridized carbons (Fsp3) is 0.455. The van der Waals surface area contributed by atoms with E-state index in [0.29, 0.717) is 12.1 Å². The van der Waals surface area contributed by atoms with Gasteiger partial charge in [-0.25, -0.2) is 0 Å². The standard InChI is InChI=1S/C22H28F3NO/c1-3-4-5-6-7-15-26(20-11-13-21(27-2)14-12-20)17-18-9-8-10-19(16-18)22(23,24)25/h8-14,16H,3-7,15,17H2,1-2H3. The zero-order chi connectivity index (χ0) is 19.7. The third-order valence-corrected chi connectivity index (χ3v) is 4.60. The molecule has 0 heterocycles. The second-order valence-electron chi connectivity index (χ2n) is 6.73. The van der Waals surface area contributed by atoms with Gasteiger partial charge < -0.3 is 9.64 Å². The first-order chi connectivity index (χ1) is 12.9. The van der Waals surface area contributed by atoms with Gasteiger partial charge in [0.1, 0.15) is 5.75 Å². The molecule has 27 heavy (non-hydrogen) atoms. The monoisotopic (exact) mass is 379 g/mol. The highest BCUT2D eigenvalue weighted by atomic mass is 19.4. The highest BCUT2D eigenvalue weighted by Crippen LogP contribution is 2.30. The lowest BCUT2D eigenvalue weighted by Gasteiger charge is -2.26. The summed E-state index contributed by atoms with van der Waals surface area (Å²) in [6.07, 6.45) is 1.42. The van der Waals surface area contributed by atoms with Gasteiger partial charge >= 0.3 is 6.18 Å². The van der Waals surface area contributed by atoms with E-state index in [1.54, 1.807) is 13.2 Å². The number of hydrogen-bond acceptors (Lipinski definition) is 2. The fourth-order valence-corrected chi connectivity index (χ4v) is 3.07. The smallest absolute Gasteiger partial charge is 0.416 e. The van der Waals surface area contributed by atoms with Crippen LogP contribution in [-0.2, 0) is 12.7 Å². The molecule has 0 atom stereocenters. The van der Waals surface area contributed by atoms with Crippen LogP contribution in [0.25, 0.3) is 0 Å². The molecule has 0 aromatic heterocycles. The van der Waals surface area contributed by atoms with Crippen molar-refractivity contribution in [3.63, 3.8) is 0 Å². The third kappa shape index (κ3) is 6.81. The topological polar surface area (TPSA) is 12.5 Å². The number of rotatable bonds is 10. The number of halogens is 3. The van der Waals surface area contributed by atoms with Crippen LogP contribution < -0.4 is 9.64 Å². The Labute approximate surface area is 160 Å². The Morgan fingerprint density at radius 2 is 1.63 bits per heavy atom. The lowest BCUT2D eigenvalue weighted by atomic mass is 10.1. The van der Waals surface area contributed by atoms with Crippen LogP contribution in [0.4, 0.5) is 18.9 Å². The molecule has 0 saturated heterocycles. The maximum atomic E-state index is 13.0. The van der Waals surface area contributed by atoms with Gasteiger partial charge in [-0.3, -0.25) is 0 Å². The summed E-state index contributed by atoms with van der Waals surface area (Å²) in [5.74, 6) is 0.765. The van der Waals surface area contributed by atoms with Crippen LogP contribution in [0.1, 0.15) is 50.2 Å². The van der Waals surface area contributed by atoms with Gasteiger partial charge in [0.2, 0.25) is 0 Å². The maximum Gasteiger partial charge on any atom is 0.416 e. The minimum Gasteiger partial charge on any atom is -0.497 e. The Morgan fingerprint density at radius 1 is 0.926 bits per heavy atom. The largest absolute Gasteiger partial charge is 0.497 e. The molecular formula is C22H28F3NO. The first-order valence-corrected chi connectivity index (χ1v) is 9.49. The van der Waals surface area contributed by atoms with Gasteiger partial charge in [0.05, 0.1) is 12.7 Å². The van der Waals surface area contributed by atoms with Crippen LogP contribution in [0, 0.1) is 0 Å². The van der Waals surface area contributed by atoms with E-state index >= 15 is 0 Å². The van der Waals surface area contributed by atoms with Crippen LogP contribution in [0.5, 0.6) is 5.75 Å².